The lowest BCUT2D eigenvalue weighted by Gasteiger charge is -2.39. The molecule has 0 radical (unpaired) electrons. The predicted molar refractivity (Wildman–Crippen MR) is 97.1 cm³/mol. The molecule has 1 aliphatic rings. The first-order valence-electron chi connectivity index (χ1n) is 8.24. The number of aliphatic imine (C=N–C) groups is 1. The number of benzene rings is 1. The van der Waals surface area contributed by atoms with Crippen LogP contribution in [0.2, 0.25) is 0 Å². The maximum atomic E-state index is 12.8. The van der Waals surface area contributed by atoms with Crippen molar-refractivity contribution in [3.05, 3.63) is 29.8 Å². The minimum atomic E-state index is -4.18. The second-order valence-corrected chi connectivity index (χ2v) is 6.87. The SMILES string of the molecule is CN=C(NCc1ccc(SC)cc1)N1CCN(C(C)C(F)(F)F)CC1. The van der Waals surface area contributed by atoms with Gasteiger partial charge in [0.2, 0.25) is 0 Å². The van der Waals surface area contributed by atoms with Crippen molar-refractivity contribution in [1.29, 1.82) is 0 Å². The van der Waals surface area contributed by atoms with E-state index in [1.807, 2.05) is 11.2 Å². The van der Waals surface area contributed by atoms with Crippen LogP contribution in [0.4, 0.5) is 13.2 Å². The van der Waals surface area contributed by atoms with Gasteiger partial charge in [-0.2, -0.15) is 13.2 Å². The van der Waals surface area contributed by atoms with Crippen LogP contribution < -0.4 is 5.32 Å². The molecule has 8 heteroatoms. The van der Waals surface area contributed by atoms with Crippen molar-refractivity contribution in [3.63, 3.8) is 0 Å². The van der Waals surface area contributed by atoms with Crippen molar-refractivity contribution in [2.45, 2.75) is 30.6 Å². The highest BCUT2D eigenvalue weighted by Gasteiger charge is 2.41. The second kappa shape index (κ2) is 8.80. The van der Waals surface area contributed by atoms with Gasteiger partial charge >= 0.3 is 6.18 Å². The Kier molecular flexibility index (Phi) is 7.01. The van der Waals surface area contributed by atoms with Crippen LogP contribution in [0.1, 0.15) is 12.5 Å². The van der Waals surface area contributed by atoms with E-state index >= 15 is 0 Å². The van der Waals surface area contributed by atoms with E-state index in [2.05, 4.69) is 34.6 Å². The summed E-state index contributed by atoms with van der Waals surface area (Å²) in [4.78, 5) is 8.96. The van der Waals surface area contributed by atoms with Gasteiger partial charge in [-0.05, 0) is 30.9 Å². The molecule has 0 amide bonds. The topological polar surface area (TPSA) is 30.9 Å². The quantitative estimate of drug-likeness (QED) is 0.499. The van der Waals surface area contributed by atoms with Gasteiger partial charge in [0.1, 0.15) is 6.04 Å². The van der Waals surface area contributed by atoms with Gasteiger partial charge in [-0.3, -0.25) is 9.89 Å². The maximum Gasteiger partial charge on any atom is 0.403 e. The highest BCUT2D eigenvalue weighted by molar-refractivity contribution is 7.98. The molecule has 1 heterocycles. The van der Waals surface area contributed by atoms with Crippen molar-refractivity contribution in [3.8, 4) is 0 Å². The Morgan fingerprint density at radius 3 is 2.28 bits per heavy atom. The van der Waals surface area contributed by atoms with Crippen LogP contribution in [-0.4, -0.2) is 67.5 Å². The Hall–Kier alpha value is -1.41. The lowest BCUT2D eigenvalue weighted by Crippen LogP contribution is -2.56. The molecule has 1 N–H and O–H groups in total. The third-order valence-electron chi connectivity index (χ3n) is 4.46. The zero-order chi connectivity index (χ0) is 18.4. The molecule has 1 unspecified atom stereocenters. The van der Waals surface area contributed by atoms with Gasteiger partial charge in [0.25, 0.3) is 0 Å². The fraction of sp³-hybridized carbons (Fsp3) is 0.588. The summed E-state index contributed by atoms with van der Waals surface area (Å²) in [6.45, 7) is 3.69. The van der Waals surface area contributed by atoms with E-state index in [-0.39, 0.29) is 0 Å². The van der Waals surface area contributed by atoms with Gasteiger partial charge in [-0.25, -0.2) is 0 Å². The van der Waals surface area contributed by atoms with E-state index in [4.69, 9.17) is 0 Å². The Morgan fingerprint density at radius 1 is 1.20 bits per heavy atom. The normalized spacial score (nSPS) is 18.3. The molecule has 1 aliphatic heterocycles. The van der Waals surface area contributed by atoms with E-state index in [0.29, 0.717) is 32.7 Å². The zero-order valence-electron chi connectivity index (χ0n) is 14.8. The van der Waals surface area contributed by atoms with Crippen molar-refractivity contribution in [2.75, 3.05) is 39.5 Å². The lowest BCUT2D eigenvalue weighted by molar-refractivity contribution is -0.181. The molecule has 1 fully saturated rings. The Balaban J connectivity index is 1.85. The van der Waals surface area contributed by atoms with E-state index in [9.17, 15) is 13.2 Å². The highest BCUT2D eigenvalue weighted by atomic mass is 32.2. The van der Waals surface area contributed by atoms with Gasteiger partial charge < -0.3 is 10.2 Å². The monoisotopic (exact) mass is 374 g/mol. The fourth-order valence-corrected chi connectivity index (χ4v) is 3.19. The predicted octanol–water partition coefficient (Wildman–Crippen LogP) is 3.05. The molecule has 0 spiro atoms. The number of rotatable bonds is 4. The van der Waals surface area contributed by atoms with Crippen molar-refractivity contribution in [1.82, 2.24) is 15.1 Å². The first kappa shape index (κ1) is 19.9. The van der Waals surface area contributed by atoms with Crippen LogP contribution in [0.25, 0.3) is 0 Å². The van der Waals surface area contributed by atoms with Gasteiger partial charge in [0.05, 0.1) is 0 Å². The summed E-state index contributed by atoms with van der Waals surface area (Å²) < 4.78 is 38.5. The number of halogens is 3. The Morgan fingerprint density at radius 2 is 1.80 bits per heavy atom. The number of nitrogens with one attached hydrogen (secondary N) is 1. The number of hydrogen-bond acceptors (Lipinski definition) is 3. The molecule has 25 heavy (non-hydrogen) atoms. The van der Waals surface area contributed by atoms with Crippen LogP contribution in [0.15, 0.2) is 34.2 Å². The Labute approximate surface area is 151 Å². The minimum absolute atomic E-state index is 0.379. The first-order chi connectivity index (χ1) is 11.8. The number of alkyl halides is 3. The molecule has 0 saturated carbocycles. The van der Waals surface area contributed by atoms with Gasteiger partial charge in [-0.15, -0.1) is 11.8 Å². The molecule has 1 aromatic carbocycles. The molecule has 140 valence electrons. The first-order valence-corrected chi connectivity index (χ1v) is 9.47. The summed E-state index contributed by atoms with van der Waals surface area (Å²) in [7, 11) is 1.70. The molecule has 0 bridgehead atoms. The summed E-state index contributed by atoms with van der Waals surface area (Å²) in [6, 6.07) is 6.87. The molecule has 1 saturated heterocycles. The molecule has 0 aromatic heterocycles. The van der Waals surface area contributed by atoms with Crippen molar-refractivity contribution < 1.29 is 13.2 Å². The third-order valence-corrected chi connectivity index (χ3v) is 5.20. The standard InChI is InChI=1S/C17H25F3N4S/c1-13(17(18,19)20)23-8-10-24(11-9-23)16(21-2)22-12-14-4-6-15(25-3)7-5-14/h4-7,13H,8-12H2,1-3H3,(H,21,22). The van der Waals surface area contributed by atoms with Crippen LogP contribution >= 0.6 is 11.8 Å². The highest BCUT2D eigenvalue weighted by Crippen LogP contribution is 2.25. The van der Waals surface area contributed by atoms with E-state index < -0.39 is 12.2 Å². The number of nitrogens with zero attached hydrogens (tertiary/aromatic N) is 3. The summed E-state index contributed by atoms with van der Waals surface area (Å²) in [6.07, 6.45) is -2.14. The van der Waals surface area contributed by atoms with Crippen LogP contribution in [0.3, 0.4) is 0 Å². The fourth-order valence-electron chi connectivity index (χ4n) is 2.78. The van der Waals surface area contributed by atoms with Crippen LogP contribution in [-0.2, 0) is 6.54 Å². The third kappa shape index (κ3) is 5.54. The number of guanidine groups is 1. The van der Waals surface area contributed by atoms with Crippen molar-refractivity contribution in [2.24, 2.45) is 4.99 Å². The van der Waals surface area contributed by atoms with Gasteiger partial charge in [0.15, 0.2) is 5.96 Å². The van der Waals surface area contributed by atoms with E-state index in [1.165, 1.54) is 16.7 Å². The van der Waals surface area contributed by atoms with Crippen LogP contribution in [0, 0.1) is 0 Å². The molecular formula is C17H25F3N4S. The largest absolute Gasteiger partial charge is 0.403 e. The minimum Gasteiger partial charge on any atom is -0.352 e. The molecule has 1 atom stereocenters. The van der Waals surface area contributed by atoms with Gasteiger partial charge in [0, 0.05) is 44.7 Å². The number of hydrogen-bond donors (Lipinski definition) is 1. The molecule has 0 aliphatic carbocycles. The lowest BCUT2D eigenvalue weighted by atomic mass is 10.2. The maximum absolute atomic E-state index is 12.8. The average molecular weight is 374 g/mol. The number of thioether (sulfide) groups is 1. The summed E-state index contributed by atoms with van der Waals surface area (Å²) in [5.74, 6) is 0.730. The van der Waals surface area contributed by atoms with Gasteiger partial charge in [-0.1, -0.05) is 12.1 Å². The molecular weight excluding hydrogens is 349 g/mol. The number of piperazine rings is 1. The van der Waals surface area contributed by atoms with E-state index in [0.717, 1.165) is 11.5 Å². The summed E-state index contributed by atoms with van der Waals surface area (Å²) in [5.41, 5.74) is 1.14. The molecule has 2 rings (SSSR count). The van der Waals surface area contributed by atoms with Crippen LogP contribution in [0.5, 0.6) is 0 Å². The van der Waals surface area contributed by atoms with E-state index in [1.54, 1.807) is 18.8 Å². The molecule has 4 nitrogen and oxygen atoms in total. The summed E-state index contributed by atoms with van der Waals surface area (Å²) in [5, 5.41) is 3.30. The van der Waals surface area contributed by atoms with Crippen molar-refractivity contribution >= 4 is 17.7 Å². The smallest absolute Gasteiger partial charge is 0.352 e. The second-order valence-electron chi connectivity index (χ2n) is 5.99. The summed E-state index contributed by atoms with van der Waals surface area (Å²) >= 11 is 1.70. The average Bonchev–Trinajstić information content (AvgIpc) is 2.62. The Bertz CT molecular complexity index is 566. The zero-order valence-corrected chi connectivity index (χ0v) is 15.6. The molecule has 1 aromatic rings.